The number of hydrogen-bond donors (Lipinski definition) is 0. The van der Waals surface area contributed by atoms with Crippen molar-refractivity contribution in [2.75, 3.05) is 6.61 Å². The zero-order valence-corrected chi connectivity index (χ0v) is 8.60. The highest BCUT2D eigenvalue weighted by Crippen LogP contribution is 2.07. The number of hydrogen-bond acceptors (Lipinski definition) is 4. The predicted molar refractivity (Wildman–Crippen MR) is 54.6 cm³/mol. The molecule has 0 aliphatic rings. The van der Waals surface area contributed by atoms with E-state index in [4.69, 9.17) is 4.74 Å². The molecule has 0 amide bonds. The van der Waals surface area contributed by atoms with E-state index in [1.54, 1.807) is 19.2 Å². The minimum atomic E-state index is -0.244. The molecule has 1 aromatic heterocycles. The average Bonchev–Trinajstić information content (AvgIpc) is 2.27. The Labute approximate surface area is 88.3 Å². The maximum Gasteiger partial charge on any atom is 0.306 e. The molecule has 0 bridgehead atoms. The van der Waals surface area contributed by atoms with Crippen molar-refractivity contribution in [3.8, 4) is 0 Å². The molecule has 0 aliphatic heterocycles. The van der Waals surface area contributed by atoms with Crippen molar-refractivity contribution < 1.29 is 14.3 Å². The van der Waals surface area contributed by atoms with Gasteiger partial charge in [0.25, 0.3) is 0 Å². The Bertz CT molecular complexity index is 349. The Morgan fingerprint density at radius 3 is 3.07 bits per heavy atom. The first kappa shape index (κ1) is 11.4. The molecule has 0 N–H and O–H groups in total. The third-order valence-corrected chi connectivity index (χ3v) is 1.98. The number of aldehydes is 1. The van der Waals surface area contributed by atoms with E-state index in [2.05, 4.69) is 4.98 Å². The van der Waals surface area contributed by atoms with Crippen LogP contribution in [0.3, 0.4) is 0 Å². The summed E-state index contributed by atoms with van der Waals surface area (Å²) in [6.45, 7) is 2.15. The van der Waals surface area contributed by atoms with Crippen LogP contribution in [0.2, 0.25) is 0 Å². The molecule has 4 nitrogen and oxygen atoms in total. The summed E-state index contributed by atoms with van der Waals surface area (Å²) in [5, 5.41) is 0. The zero-order chi connectivity index (χ0) is 11.1. The number of ether oxygens (including phenoxy) is 1. The number of aryl methyl sites for hydroxylation is 1. The van der Waals surface area contributed by atoms with Crippen LogP contribution in [0, 0.1) is 0 Å². The van der Waals surface area contributed by atoms with Crippen molar-refractivity contribution >= 4 is 12.3 Å². The van der Waals surface area contributed by atoms with E-state index in [1.165, 1.54) is 6.20 Å². The minimum Gasteiger partial charge on any atom is -0.466 e. The summed E-state index contributed by atoms with van der Waals surface area (Å²) in [5.74, 6) is -0.244. The second kappa shape index (κ2) is 5.90. The minimum absolute atomic E-state index is 0.244. The summed E-state index contributed by atoms with van der Waals surface area (Å²) in [6.07, 6.45) is 4.64. The van der Waals surface area contributed by atoms with Crippen LogP contribution in [0.15, 0.2) is 18.5 Å². The quantitative estimate of drug-likeness (QED) is 0.540. The van der Waals surface area contributed by atoms with E-state index in [1.807, 2.05) is 0 Å². The van der Waals surface area contributed by atoms with Gasteiger partial charge in [0.2, 0.25) is 0 Å². The summed E-state index contributed by atoms with van der Waals surface area (Å²) in [5.41, 5.74) is 1.36. The number of pyridine rings is 1. The fourth-order valence-corrected chi connectivity index (χ4v) is 1.24. The molecule has 1 heterocycles. The lowest BCUT2D eigenvalue weighted by Gasteiger charge is -2.03. The van der Waals surface area contributed by atoms with Gasteiger partial charge in [0.1, 0.15) is 0 Å². The third-order valence-electron chi connectivity index (χ3n) is 1.98. The van der Waals surface area contributed by atoms with Gasteiger partial charge in [-0.3, -0.25) is 14.6 Å². The molecule has 0 saturated carbocycles. The third kappa shape index (κ3) is 3.50. The number of carbonyl (C=O) groups is 2. The van der Waals surface area contributed by atoms with Crippen molar-refractivity contribution in [2.24, 2.45) is 0 Å². The van der Waals surface area contributed by atoms with Crippen molar-refractivity contribution in [3.63, 3.8) is 0 Å². The first-order valence-electron chi connectivity index (χ1n) is 4.81. The van der Waals surface area contributed by atoms with Gasteiger partial charge in [-0.1, -0.05) is 0 Å². The van der Waals surface area contributed by atoms with Gasteiger partial charge in [-0.15, -0.1) is 0 Å². The lowest BCUT2D eigenvalue weighted by atomic mass is 10.1. The first-order chi connectivity index (χ1) is 7.27. The highest BCUT2D eigenvalue weighted by Gasteiger charge is 2.05. The molecular weight excluding hydrogens is 194 g/mol. The van der Waals surface area contributed by atoms with Crippen LogP contribution in [-0.2, 0) is 16.0 Å². The molecule has 0 radical (unpaired) electrons. The zero-order valence-electron chi connectivity index (χ0n) is 8.60. The smallest absolute Gasteiger partial charge is 0.306 e. The molecule has 1 rings (SSSR count). The Balaban J connectivity index is 2.57. The lowest BCUT2D eigenvalue weighted by molar-refractivity contribution is -0.143. The monoisotopic (exact) mass is 207 g/mol. The molecule has 0 atom stereocenters. The van der Waals surface area contributed by atoms with E-state index in [0.717, 1.165) is 11.8 Å². The van der Waals surface area contributed by atoms with Gasteiger partial charge in [0, 0.05) is 24.4 Å². The lowest BCUT2D eigenvalue weighted by Crippen LogP contribution is -2.06. The number of aromatic nitrogens is 1. The molecule has 0 fully saturated rings. The molecule has 80 valence electrons. The fraction of sp³-hybridized carbons (Fsp3) is 0.364. The van der Waals surface area contributed by atoms with Gasteiger partial charge < -0.3 is 4.74 Å². The number of nitrogens with zero attached hydrogens (tertiary/aromatic N) is 1. The Morgan fingerprint density at radius 2 is 2.40 bits per heavy atom. The van der Waals surface area contributed by atoms with E-state index < -0.39 is 0 Å². The molecule has 1 aromatic rings. The summed E-state index contributed by atoms with van der Waals surface area (Å²) in [7, 11) is 0. The van der Waals surface area contributed by atoms with E-state index >= 15 is 0 Å². The number of rotatable bonds is 5. The predicted octanol–water partition coefficient (Wildman–Crippen LogP) is 1.39. The molecule has 0 aliphatic carbocycles. The largest absolute Gasteiger partial charge is 0.466 e. The number of esters is 1. The van der Waals surface area contributed by atoms with Crippen LogP contribution in [0.5, 0.6) is 0 Å². The van der Waals surface area contributed by atoms with Crippen LogP contribution in [-0.4, -0.2) is 23.8 Å². The molecule has 0 saturated heterocycles. The maximum absolute atomic E-state index is 11.1. The van der Waals surface area contributed by atoms with Gasteiger partial charge in [-0.05, 0) is 25.0 Å². The van der Waals surface area contributed by atoms with Crippen LogP contribution in [0.1, 0.15) is 29.3 Å². The normalized spacial score (nSPS) is 9.67. The van der Waals surface area contributed by atoms with Crippen molar-refractivity contribution in [1.29, 1.82) is 0 Å². The van der Waals surface area contributed by atoms with Gasteiger partial charge >= 0.3 is 5.97 Å². The van der Waals surface area contributed by atoms with Crippen LogP contribution < -0.4 is 0 Å². The van der Waals surface area contributed by atoms with E-state index in [0.29, 0.717) is 25.0 Å². The summed E-state index contributed by atoms with van der Waals surface area (Å²) in [4.78, 5) is 25.6. The van der Waals surface area contributed by atoms with Crippen LogP contribution >= 0.6 is 0 Å². The average molecular weight is 207 g/mol. The van der Waals surface area contributed by atoms with Gasteiger partial charge in [0.05, 0.1) is 6.61 Å². The second-order valence-corrected chi connectivity index (χ2v) is 3.00. The molecular formula is C11H13NO3. The van der Waals surface area contributed by atoms with Crippen molar-refractivity contribution in [1.82, 2.24) is 4.98 Å². The van der Waals surface area contributed by atoms with Crippen molar-refractivity contribution in [2.45, 2.75) is 19.8 Å². The Kier molecular flexibility index (Phi) is 4.47. The van der Waals surface area contributed by atoms with Gasteiger partial charge in [0.15, 0.2) is 6.29 Å². The molecule has 15 heavy (non-hydrogen) atoms. The highest BCUT2D eigenvalue weighted by molar-refractivity contribution is 5.77. The summed E-state index contributed by atoms with van der Waals surface area (Å²) < 4.78 is 4.79. The van der Waals surface area contributed by atoms with Crippen LogP contribution in [0.25, 0.3) is 0 Å². The van der Waals surface area contributed by atoms with E-state index in [9.17, 15) is 9.59 Å². The summed E-state index contributed by atoms with van der Waals surface area (Å²) >= 11 is 0. The summed E-state index contributed by atoms with van der Waals surface area (Å²) in [6, 6.07) is 1.74. The first-order valence-corrected chi connectivity index (χ1v) is 4.81. The fourth-order valence-electron chi connectivity index (χ4n) is 1.24. The number of carbonyl (C=O) groups excluding carboxylic acids is 2. The van der Waals surface area contributed by atoms with Gasteiger partial charge in [-0.2, -0.15) is 0 Å². The highest BCUT2D eigenvalue weighted by atomic mass is 16.5. The Morgan fingerprint density at radius 1 is 1.60 bits per heavy atom. The van der Waals surface area contributed by atoms with Crippen molar-refractivity contribution in [3.05, 3.63) is 29.6 Å². The SMILES string of the molecule is CCOC(=O)CCc1ccncc1C=O. The molecule has 0 spiro atoms. The van der Waals surface area contributed by atoms with Gasteiger partial charge in [-0.25, -0.2) is 0 Å². The standard InChI is InChI=1S/C11H13NO3/c1-2-15-11(14)4-3-9-5-6-12-7-10(9)8-13/h5-8H,2-4H2,1H3. The molecule has 0 unspecified atom stereocenters. The molecule has 4 heteroatoms. The topological polar surface area (TPSA) is 56.3 Å². The second-order valence-electron chi connectivity index (χ2n) is 3.00. The van der Waals surface area contributed by atoms with E-state index in [-0.39, 0.29) is 5.97 Å². The molecule has 0 aromatic carbocycles. The maximum atomic E-state index is 11.1. The Hall–Kier alpha value is -1.71. The van der Waals surface area contributed by atoms with Crippen LogP contribution in [0.4, 0.5) is 0 Å².